The molecule has 1 aromatic heterocycles. The van der Waals surface area contributed by atoms with Crippen molar-refractivity contribution in [2.24, 2.45) is 0 Å². The summed E-state index contributed by atoms with van der Waals surface area (Å²) < 4.78 is 27.6. The van der Waals surface area contributed by atoms with Crippen molar-refractivity contribution in [1.82, 2.24) is 4.98 Å². The summed E-state index contributed by atoms with van der Waals surface area (Å²) >= 11 is 0. The van der Waals surface area contributed by atoms with Gasteiger partial charge in [-0.1, -0.05) is 0 Å². The molecule has 4 heterocycles. The van der Waals surface area contributed by atoms with Crippen LogP contribution in [0.3, 0.4) is 0 Å². The second-order valence-electron chi connectivity index (χ2n) is 8.03. The summed E-state index contributed by atoms with van der Waals surface area (Å²) in [7, 11) is 1.65. The number of fused-ring (bicyclic) bond motifs is 3. The summed E-state index contributed by atoms with van der Waals surface area (Å²) in [4.78, 5) is 19.8. The van der Waals surface area contributed by atoms with Gasteiger partial charge < -0.3 is 28.6 Å². The van der Waals surface area contributed by atoms with E-state index in [9.17, 15) is 4.79 Å². The summed E-state index contributed by atoms with van der Waals surface area (Å²) in [6, 6.07) is 11.7. The molecule has 0 saturated carbocycles. The number of morpholine rings is 1. The van der Waals surface area contributed by atoms with Crippen LogP contribution in [0.2, 0.25) is 0 Å². The van der Waals surface area contributed by atoms with Crippen molar-refractivity contribution in [3.05, 3.63) is 47.5 Å². The molecule has 6 rings (SSSR count). The number of aromatic nitrogens is 1. The van der Waals surface area contributed by atoms with Crippen LogP contribution in [0.25, 0.3) is 10.9 Å². The smallest absolute Gasteiger partial charge is 0.312 e. The summed E-state index contributed by atoms with van der Waals surface area (Å²) in [6.45, 7) is 2.91. The highest BCUT2D eigenvalue weighted by Gasteiger charge is 2.34. The molecule has 3 aliphatic heterocycles. The number of carbonyl (C=O) groups is 1. The van der Waals surface area contributed by atoms with Gasteiger partial charge in [-0.2, -0.15) is 0 Å². The standard InChI is InChI=1S/C24H22N2O6/c1-28-15-3-2-14-8-18(24(25-19(14)9-15)26-4-6-29-7-5-26)16-11-23(27)32-20-12-22-21(10-17(16)20)30-13-31-22/h2-3,8-10,12,16H,4-7,11,13H2,1H3/t16-/m0/s1. The summed E-state index contributed by atoms with van der Waals surface area (Å²) in [6.07, 6.45) is 0.229. The van der Waals surface area contributed by atoms with Crippen LogP contribution in [-0.2, 0) is 9.53 Å². The monoisotopic (exact) mass is 434 g/mol. The molecule has 0 aliphatic carbocycles. The summed E-state index contributed by atoms with van der Waals surface area (Å²) in [5, 5.41) is 0.985. The molecule has 3 aliphatic rings. The molecular formula is C24H22N2O6. The molecule has 0 spiro atoms. The second kappa shape index (κ2) is 7.56. The molecule has 0 radical (unpaired) electrons. The van der Waals surface area contributed by atoms with Gasteiger partial charge in [0.15, 0.2) is 11.5 Å². The average molecular weight is 434 g/mol. The highest BCUT2D eigenvalue weighted by atomic mass is 16.7. The Morgan fingerprint density at radius 3 is 2.62 bits per heavy atom. The van der Waals surface area contributed by atoms with E-state index in [4.69, 9.17) is 28.7 Å². The van der Waals surface area contributed by atoms with E-state index >= 15 is 0 Å². The van der Waals surface area contributed by atoms with Crippen LogP contribution in [0.1, 0.15) is 23.5 Å². The predicted octanol–water partition coefficient (Wildman–Crippen LogP) is 3.25. The Bertz CT molecular complexity index is 1220. The Labute approximate surface area is 184 Å². The zero-order chi connectivity index (χ0) is 21.7. The topological polar surface area (TPSA) is 79.4 Å². The van der Waals surface area contributed by atoms with Gasteiger partial charge >= 0.3 is 5.97 Å². The van der Waals surface area contributed by atoms with Crippen molar-refractivity contribution < 1.29 is 28.5 Å². The van der Waals surface area contributed by atoms with Gasteiger partial charge in [-0.15, -0.1) is 0 Å². The van der Waals surface area contributed by atoms with E-state index in [1.54, 1.807) is 13.2 Å². The number of benzene rings is 2. The Balaban J connectivity index is 1.54. The second-order valence-corrected chi connectivity index (χ2v) is 8.03. The molecule has 1 atom stereocenters. The number of rotatable bonds is 3. The molecule has 1 fully saturated rings. The fourth-order valence-corrected chi connectivity index (χ4v) is 4.58. The Morgan fingerprint density at radius 2 is 1.81 bits per heavy atom. The quantitative estimate of drug-likeness (QED) is 0.459. The summed E-state index contributed by atoms with van der Waals surface area (Å²) in [5.74, 6) is 2.90. The normalized spacial score (nSPS) is 19.6. The zero-order valence-electron chi connectivity index (χ0n) is 17.6. The van der Waals surface area contributed by atoms with Crippen molar-refractivity contribution in [3.63, 3.8) is 0 Å². The number of carbonyl (C=O) groups excluding carboxylic acids is 1. The van der Waals surface area contributed by atoms with Gasteiger partial charge in [-0.25, -0.2) is 4.98 Å². The first kappa shape index (κ1) is 19.2. The van der Waals surface area contributed by atoms with E-state index in [0.29, 0.717) is 30.5 Å². The fraction of sp³-hybridized carbons (Fsp3) is 0.333. The molecule has 3 aromatic rings. The van der Waals surface area contributed by atoms with Gasteiger partial charge in [0.1, 0.15) is 17.3 Å². The van der Waals surface area contributed by atoms with Crippen molar-refractivity contribution in [1.29, 1.82) is 0 Å². The van der Waals surface area contributed by atoms with E-state index in [1.165, 1.54) is 0 Å². The van der Waals surface area contributed by atoms with Crippen molar-refractivity contribution in [3.8, 4) is 23.0 Å². The number of hydrogen-bond acceptors (Lipinski definition) is 8. The number of ether oxygens (including phenoxy) is 5. The van der Waals surface area contributed by atoms with E-state index in [0.717, 1.165) is 46.7 Å². The first-order valence-corrected chi connectivity index (χ1v) is 10.7. The van der Waals surface area contributed by atoms with Crippen LogP contribution in [-0.4, -0.2) is 51.2 Å². The maximum atomic E-state index is 12.6. The lowest BCUT2D eigenvalue weighted by atomic mass is 9.85. The highest BCUT2D eigenvalue weighted by molar-refractivity contribution is 5.85. The molecule has 0 unspecified atom stereocenters. The first-order chi connectivity index (χ1) is 15.7. The molecule has 0 N–H and O–H groups in total. The van der Waals surface area contributed by atoms with Crippen LogP contribution in [0, 0.1) is 0 Å². The lowest BCUT2D eigenvalue weighted by molar-refractivity contribution is -0.135. The molecule has 8 heteroatoms. The molecule has 8 nitrogen and oxygen atoms in total. The minimum Gasteiger partial charge on any atom is -0.497 e. The van der Waals surface area contributed by atoms with Crippen LogP contribution >= 0.6 is 0 Å². The molecular weight excluding hydrogens is 412 g/mol. The predicted molar refractivity (Wildman–Crippen MR) is 116 cm³/mol. The zero-order valence-corrected chi connectivity index (χ0v) is 17.6. The molecule has 32 heavy (non-hydrogen) atoms. The number of methoxy groups -OCH3 is 1. The molecule has 0 amide bonds. The number of nitrogens with zero attached hydrogens (tertiary/aromatic N) is 2. The molecule has 0 bridgehead atoms. The van der Waals surface area contributed by atoms with Gasteiger partial charge in [0.25, 0.3) is 0 Å². The maximum absolute atomic E-state index is 12.6. The van der Waals surface area contributed by atoms with Crippen LogP contribution in [0.15, 0.2) is 36.4 Å². The maximum Gasteiger partial charge on any atom is 0.312 e. The van der Waals surface area contributed by atoms with Crippen LogP contribution in [0.4, 0.5) is 5.82 Å². The Hall–Kier alpha value is -3.52. The number of anilines is 1. The van der Waals surface area contributed by atoms with Crippen LogP contribution < -0.4 is 23.8 Å². The first-order valence-electron chi connectivity index (χ1n) is 10.7. The molecule has 1 saturated heterocycles. The highest BCUT2D eigenvalue weighted by Crippen LogP contribution is 2.48. The van der Waals surface area contributed by atoms with Gasteiger partial charge in [-0.05, 0) is 24.3 Å². The van der Waals surface area contributed by atoms with Crippen molar-refractivity contribution in [2.75, 3.05) is 45.1 Å². The lowest BCUT2D eigenvalue weighted by Gasteiger charge is -2.33. The third kappa shape index (κ3) is 3.18. The Kier molecular flexibility index (Phi) is 4.53. The van der Waals surface area contributed by atoms with Gasteiger partial charge in [0, 0.05) is 47.7 Å². The van der Waals surface area contributed by atoms with E-state index < -0.39 is 0 Å². The van der Waals surface area contributed by atoms with E-state index in [-0.39, 0.29) is 25.1 Å². The number of hydrogen-bond donors (Lipinski definition) is 0. The minimum atomic E-state index is -0.274. The van der Waals surface area contributed by atoms with Gasteiger partial charge in [-0.3, -0.25) is 4.79 Å². The largest absolute Gasteiger partial charge is 0.497 e. The van der Waals surface area contributed by atoms with Crippen molar-refractivity contribution >= 4 is 22.7 Å². The van der Waals surface area contributed by atoms with Crippen molar-refractivity contribution in [2.45, 2.75) is 12.3 Å². The fourth-order valence-electron chi connectivity index (χ4n) is 4.58. The number of esters is 1. The average Bonchev–Trinajstić information content (AvgIpc) is 3.29. The third-order valence-corrected chi connectivity index (χ3v) is 6.19. The summed E-state index contributed by atoms with van der Waals surface area (Å²) in [5.41, 5.74) is 2.73. The van der Waals surface area contributed by atoms with E-state index in [1.807, 2.05) is 24.3 Å². The molecule has 164 valence electrons. The van der Waals surface area contributed by atoms with Crippen LogP contribution in [0.5, 0.6) is 23.0 Å². The van der Waals surface area contributed by atoms with E-state index in [2.05, 4.69) is 11.0 Å². The Morgan fingerprint density at radius 1 is 1.00 bits per heavy atom. The number of pyridine rings is 1. The minimum absolute atomic E-state index is 0.162. The van der Waals surface area contributed by atoms with Gasteiger partial charge in [0.05, 0.1) is 32.3 Å². The lowest BCUT2D eigenvalue weighted by Crippen LogP contribution is -2.38. The van der Waals surface area contributed by atoms with Gasteiger partial charge in [0.2, 0.25) is 6.79 Å². The third-order valence-electron chi connectivity index (χ3n) is 6.19. The SMILES string of the molecule is COc1ccc2cc([C@H]3CC(=O)Oc4cc5c(cc43)OCO5)c(N3CCOCC3)nc2c1. The molecule has 2 aromatic carbocycles.